The smallest absolute Gasteiger partial charge is 0.340 e. The lowest BCUT2D eigenvalue weighted by atomic mass is 10.1. The molecule has 5 nitrogen and oxygen atoms in total. The molecule has 0 bridgehead atoms. The number of alkyl halides is 2. The first-order chi connectivity index (χ1) is 8.54. The van der Waals surface area contributed by atoms with Gasteiger partial charge in [-0.25, -0.2) is 18.6 Å². The van der Waals surface area contributed by atoms with Crippen molar-refractivity contribution >= 4 is 5.97 Å². The van der Waals surface area contributed by atoms with Crippen LogP contribution >= 0.6 is 0 Å². The first-order valence-corrected chi connectivity index (χ1v) is 5.14. The van der Waals surface area contributed by atoms with Crippen molar-refractivity contribution in [2.45, 2.75) is 19.9 Å². The zero-order valence-electron chi connectivity index (χ0n) is 9.61. The van der Waals surface area contributed by atoms with Crippen LogP contribution in [0.25, 0.3) is 0 Å². The van der Waals surface area contributed by atoms with Crippen molar-refractivity contribution in [3.8, 4) is 6.07 Å². The van der Waals surface area contributed by atoms with Crippen LogP contribution in [0.1, 0.15) is 40.7 Å². The molecule has 0 aliphatic carbocycles. The zero-order valence-corrected chi connectivity index (χ0v) is 9.61. The van der Waals surface area contributed by atoms with Gasteiger partial charge in [0.15, 0.2) is 0 Å². The second kappa shape index (κ2) is 6.02. The number of aromatic nitrogens is 1. The molecule has 2 N–H and O–H groups in total. The topological polar surface area (TPSA) is 89.0 Å². The Bertz CT molecular complexity index is 498. The van der Waals surface area contributed by atoms with E-state index in [-0.39, 0.29) is 30.0 Å². The van der Waals surface area contributed by atoms with E-state index in [2.05, 4.69) is 4.98 Å². The van der Waals surface area contributed by atoms with Crippen LogP contribution in [0, 0.1) is 11.3 Å². The van der Waals surface area contributed by atoms with Crippen LogP contribution in [0.15, 0.2) is 6.07 Å². The van der Waals surface area contributed by atoms with E-state index in [4.69, 9.17) is 15.7 Å². The fourth-order valence-electron chi connectivity index (χ4n) is 1.36. The van der Waals surface area contributed by atoms with Gasteiger partial charge in [-0.15, -0.1) is 0 Å². The molecule has 96 valence electrons. The minimum absolute atomic E-state index is 0.0113. The number of hydrogen-bond acceptors (Lipinski definition) is 5. The summed E-state index contributed by atoms with van der Waals surface area (Å²) in [5.74, 6) is -0.734. The molecule has 0 radical (unpaired) electrons. The van der Waals surface area contributed by atoms with Crippen molar-refractivity contribution in [3.63, 3.8) is 0 Å². The number of rotatable bonds is 4. The molecular weight excluding hydrogens is 244 g/mol. The maximum absolute atomic E-state index is 12.6. The Morgan fingerprint density at radius 2 is 2.33 bits per heavy atom. The van der Waals surface area contributed by atoms with Gasteiger partial charge in [-0.3, -0.25) is 0 Å². The van der Waals surface area contributed by atoms with Crippen molar-refractivity contribution in [2.75, 3.05) is 6.61 Å². The normalized spacial score (nSPS) is 10.2. The average molecular weight is 255 g/mol. The number of ether oxygens (including phenoxy) is 1. The van der Waals surface area contributed by atoms with Gasteiger partial charge in [-0.1, -0.05) is 0 Å². The second-order valence-electron chi connectivity index (χ2n) is 3.25. The van der Waals surface area contributed by atoms with E-state index in [9.17, 15) is 13.6 Å². The number of nitrogens with zero attached hydrogens (tertiary/aromatic N) is 2. The fourth-order valence-corrected chi connectivity index (χ4v) is 1.36. The van der Waals surface area contributed by atoms with Gasteiger partial charge in [0.2, 0.25) is 0 Å². The second-order valence-corrected chi connectivity index (χ2v) is 3.25. The third-order valence-electron chi connectivity index (χ3n) is 2.15. The monoisotopic (exact) mass is 255 g/mol. The number of halogens is 2. The average Bonchev–Trinajstić information content (AvgIpc) is 2.37. The quantitative estimate of drug-likeness (QED) is 0.824. The van der Waals surface area contributed by atoms with Gasteiger partial charge in [-0.2, -0.15) is 5.26 Å². The van der Waals surface area contributed by atoms with Crippen LogP contribution in [0.3, 0.4) is 0 Å². The number of pyridine rings is 1. The molecule has 0 aliphatic rings. The minimum Gasteiger partial charge on any atom is -0.462 e. The van der Waals surface area contributed by atoms with E-state index in [1.54, 1.807) is 13.0 Å². The van der Waals surface area contributed by atoms with Crippen LogP contribution in [0.5, 0.6) is 0 Å². The Labute approximate surface area is 102 Å². The Kier molecular flexibility index (Phi) is 4.68. The van der Waals surface area contributed by atoms with Gasteiger partial charge in [0, 0.05) is 6.54 Å². The van der Waals surface area contributed by atoms with Gasteiger partial charge in [-0.05, 0) is 13.0 Å². The summed E-state index contributed by atoms with van der Waals surface area (Å²) >= 11 is 0. The predicted molar refractivity (Wildman–Crippen MR) is 57.8 cm³/mol. The van der Waals surface area contributed by atoms with E-state index < -0.39 is 18.1 Å². The van der Waals surface area contributed by atoms with Gasteiger partial charge in [0.25, 0.3) is 6.43 Å². The number of carbonyl (C=O) groups excluding carboxylic acids is 1. The van der Waals surface area contributed by atoms with E-state index in [1.165, 1.54) is 0 Å². The van der Waals surface area contributed by atoms with Gasteiger partial charge >= 0.3 is 5.97 Å². The van der Waals surface area contributed by atoms with Crippen LogP contribution in [0.2, 0.25) is 0 Å². The molecule has 0 spiro atoms. The zero-order chi connectivity index (χ0) is 13.7. The molecule has 7 heteroatoms. The summed E-state index contributed by atoms with van der Waals surface area (Å²) in [5.41, 5.74) is 4.25. The predicted octanol–water partition coefficient (Wildman–Crippen LogP) is 1.53. The van der Waals surface area contributed by atoms with E-state index >= 15 is 0 Å². The lowest BCUT2D eigenvalue weighted by Crippen LogP contribution is -2.15. The minimum atomic E-state index is -2.90. The Morgan fingerprint density at radius 1 is 1.67 bits per heavy atom. The Hall–Kier alpha value is -2.07. The first kappa shape index (κ1) is 14.0. The maximum atomic E-state index is 12.6. The fraction of sp³-hybridized carbons (Fsp3) is 0.364. The maximum Gasteiger partial charge on any atom is 0.340 e. The van der Waals surface area contributed by atoms with E-state index in [0.717, 1.165) is 6.07 Å². The number of nitrogens with two attached hydrogens (primary N) is 1. The SMILES string of the molecule is CCOC(=O)c1cc(C#N)c(C(F)F)nc1CN. The molecule has 1 aromatic heterocycles. The van der Waals surface area contributed by atoms with Crippen LogP contribution in [0.4, 0.5) is 8.78 Å². The highest BCUT2D eigenvalue weighted by atomic mass is 19.3. The lowest BCUT2D eigenvalue weighted by Gasteiger charge is -2.10. The molecule has 1 aromatic rings. The third kappa shape index (κ3) is 2.78. The van der Waals surface area contributed by atoms with Crippen molar-refractivity contribution in [3.05, 3.63) is 28.6 Å². The van der Waals surface area contributed by atoms with Crippen molar-refractivity contribution in [1.29, 1.82) is 5.26 Å². The summed E-state index contributed by atoms with van der Waals surface area (Å²) in [7, 11) is 0. The largest absolute Gasteiger partial charge is 0.462 e. The highest BCUT2D eigenvalue weighted by molar-refractivity contribution is 5.91. The molecule has 0 aliphatic heterocycles. The number of nitriles is 1. The molecule has 18 heavy (non-hydrogen) atoms. The van der Waals surface area contributed by atoms with Crippen LogP contribution in [-0.4, -0.2) is 17.6 Å². The van der Waals surface area contributed by atoms with E-state index in [1.807, 2.05) is 0 Å². The highest BCUT2D eigenvalue weighted by Crippen LogP contribution is 2.23. The standard InChI is InChI=1S/C11H11F2N3O2/c1-2-18-11(17)7-3-6(4-14)9(10(12)13)16-8(7)5-15/h3,10H,2,5,15H2,1H3. The van der Waals surface area contributed by atoms with Gasteiger partial charge in [0.05, 0.1) is 23.4 Å². The third-order valence-corrected chi connectivity index (χ3v) is 2.15. The molecule has 0 fully saturated rings. The summed E-state index contributed by atoms with van der Waals surface area (Å²) in [4.78, 5) is 15.1. The highest BCUT2D eigenvalue weighted by Gasteiger charge is 2.21. The van der Waals surface area contributed by atoms with Gasteiger partial charge < -0.3 is 10.5 Å². The Morgan fingerprint density at radius 3 is 2.78 bits per heavy atom. The van der Waals surface area contributed by atoms with Crippen LogP contribution < -0.4 is 5.73 Å². The summed E-state index contributed by atoms with van der Waals surface area (Å²) in [5, 5.41) is 8.76. The van der Waals surface area contributed by atoms with Crippen molar-refractivity contribution < 1.29 is 18.3 Å². The van der Waals surface area contributed by atoms with Crippen LogP contribution in [-0.2, 0) is 11.3 Å². The first-order valence-electron chi connectivity index (χ1n) is 5.14. The summed E-state index contributed by atoms with van der Waals surface area (Å²) in [6, 6.07) is 2.61. The molecule has 1 rings (SSSR count). The number of esters is 1. The molecule has 0 unspecified atom stereocenters. The number of hydrogen-bond donors (Lipinski definition) is 1. The summed E-state index contributed by atoms with van der Waals surface area (Å²) in [6.07, 6.45) is -2.90. The number of carbonyl (C=O) groups is 1. The van der Waals surface area contributed by atoms with Gasteiger partial charge in [0.1, 0.15) is 11.8 Å². The molecule has 1 heterocycles. The Balaban J connectivity index is 3.36. The molecule has 0 amide bonds. The molecule has 0 atom stereocenters. The molecular formula is C11H11F2N3O2. The van der Waals surface area contributed by atoms with Crippen molar-refractivity contribution in [1.82, 2.24) is 4.98 Å². The molecule has 0 aromatic carbocycles. The molecule has 0 saturated heterocycles. The summed E-state index contributed by atoms with van der Waals surface area (Å²) in [6.45, 7) is 1.53. The summed E-state index contributed by atoms with van der Waals surface area (Å²) < 4.78 is 30.0. The van der Waals surface area contributed by atoms with E-state index in [0.29, 0.717) is 0 Å². The van der Waals surface area contributed by atoms with Crippen molar-refractivity contribution in [2.24, 2.45) is 5.73 Å². The molecule has 0 saturated carbocycles. The lowest BCUT2D eigenvalue weighted by molar-refractivity contribution is 0.0523.